The Kier molecular flexibility index (Phi) is 6.74. The molecule has 13 nitrogen and oxygen atoms in total. The molecule has 4 atom stereocenters. The largest absolute Gasteiger partial charge is 0.469 e. The van der Waals surface area contributed by atoms with Gasteiger partial charge in [-0.2, -0.15) is 0 Å². The maximum absolute atomic E-state index is 10.9. The van der Waals surface area contributed by atoms with Crippen LogP contribution in [-0.4, -0.2) is 71.1 Å². The molecule has 3 heterocycles. The van der Waals surface area contributed by atoms with Crippen molar-refractivity contribution < 1.29 is 38.6 Å². The van der Waals surface area contributed by atoms with Gasteiger partial charge < -0.3 is 39.8 Å². The van der Waals surface area contributed by atoms with Crippen molar-refractivity contribution in [3.8, 4) is 5.75 Å². The van der Waals surface area contributed by atoms with E-state index in [1.807, 2.05) is 0 Å². The number of phosphoric ester groups is 1. The second-order valence-corrected chi connectivity index (χ2v) is 9.01. The Morgan fingerprint density at radius 1 is 1.22 bits per heavy atom. The van der Waals surface area contributed by atoms with Gasteiger partial charge in [-0.15, -0.1) is 0 Å². The lowest BCUT2D eigenvalue weighted by Gasteiger charge is -2.20. The van der Waals surface area contributed by atoms with Crippen LogP contribution in [0.1, 0.15) is 5.56 Å². The first-order valence-electron chi connectivity index (χ1n) is 9.26. The van der Waals surface area contributed by atoms with Gasteiger partial charge in [0.1, 0.15) is 35.9 Å². The number of halogens is 1. The number of aliphatic hydroxyl groups excluding tert-OH is 2. The van der Waals surface area contributed by atoms with Crippen molar-refractivity contribution in [2.45, 2.75) is 31.1 Å². The summed E-state index contributed by atoms with van der Waals surface area (Å²) in [4.78, 5) is 33.0. The molecule has 4 rings (SSSR count). The third kappa shape index (κ3) is 5.24. The fraction of sp³-hybridized carbons (Fsp3) is 0.353. The molecule has 0 bridgehead atoms. The van der Waals surface area contributed by atoms with E-state index in [2.05, 4.69) is 45.7 Å². The predicted molar refractivity (Wildman–Crippen MR) is 112 cm³/mol. The molecule has 2 aromatic heterocycles. The molecular weight excluding hydrogens is 513 g/mol. The van der Waals surface area contributed by atoms with E-state index < -0.39 is 39.0 Å². The second kappa shape index (κ2) is 9.37. The van der Waals surface area contributed by atoms with E-state index in [0.29, 0.717) is 32.8 Å². The summed E-state index contributed by atoms with van der Waals surface area (Å²) in [6, 6.07) is 5.24. The molecule has 0 saturated carbocycles. The number of nitrogens with zero attached hydrogens (tertiary/aromatic N) is 3. The standard InChI is InChI=1S/C17H19BrN5O8P/c18-9-2-1-8(4-19-15-12-16(21-6-20-12)23-7-22-15)10(3-9)30-17-14(25)13(24)11(31-17)5-29-32(26,27)28/h1-3,6-7,11,13-14,17,24-25H,4-5H2,(H2,26,27,28)(H2,19,20,21,22,23)/t11-,13-,14-,17?/m1/s1. The van der Waals surface area contributed by atoms with Gasteiger partial charge in [-0.3, -0.25) is 4.52 Å². The molecule has 15 heteroatoms. The number of imidazole rings is 1. The monoisotopic (exact) mass is 531 g/mol. The summed E-state index contributed by atoms with van der Waals surface area (Å²) in [7, 11) is -4.76. The number of ether oxygens (including phenoxy) is 2. The number of H-pyrrole nitrogens is 1. The van der Waals surface area contributed by atoms with Gasteiger partial charge in [0.25, 0.3) is 0 Å². The van der Waals surface area contributed by atoms with Crippen molar-refractivity contribution in [3.63, 3.8) is 0 Å². The Bertz CT molecular complexity index is 1140. The topological polar surface area (TPSA) is 192 Å². The zero-order valence-electron chi connectivity index (χ0n) is 16.2. The molecule has 3 aromatic rings. The molecule has 1 saturated heterocycles. The van der Waals surface area contributed by atoms with Gasteiger partial charge >= 0.3 is 7.82 Å². The highest BCUT2D eigenvalue weighted by Gasteiger charge is 2.45. The highest BCUT2D eigenvalue weighted by molar-refractivity contribution is 9.10. The normalized spacial score (nSPS) is 23.5. The number of benzene rings is 1. The average molecular weight is 532 g/mol. The third-order valence-electron chi connectivity index (χ3n) is 4.67. The lowest BCUT2D eigenvalue weighted by atomic mass is 10.1. The van der Waals surface area contributed by atoms with Gasteiger partial charge in [-0.25, -0.2) is 19.5 Å². The molecule has 6 N–H and O–H groups in total. The maximum Gasteiger partial charge on any atom is 0.469 e. The molecule has 0 spiro atoms. The summed E-state index contributed by atoms with van der Waals surface area (Å²) in [6.07, 6.45) is -2.52. The maximum atomic E-state index is 10.9. The molecule has 1 unspecified atom stereocenters. The number of rotatable bonds is 8. The molecule has 32 heavy (non-hydrogen) atoms. The number of fused-ring (bicyclic) bond motifs is 1. The van der Waals surface area contributed by atoms with E-state index in [1.54, 1.807) is 18.2 Å². The van der Waals surface area contributed by atoms with Gasteiger partial charge in [-0.1, -0.05) is 22.0 Å². The lowest BCUT2D eigenvalue weighted by molar-refractivity contribution is -0.116. The SMILES string of the molecule is O=P(O)(O)OC[C@H]1OC(Oc2cc(Br)ccc2CNc2ncnc3nc[nH]c23)[C@H](O)[C@@H]1O. The number of aliphatic hydroxyl groups is 2. The summed E-state index contributed by atoms with van der Waals surface area (Å²) in [6.45, 7) is -0.340. The summed E-state index contributed by atoms with van der Waals surface area (Å²) in [5, 5.41) is 23.6. The van der Waals surface area contributed by atoms with Crippen LogP contribution in [0.25, 0.3) is 11.2 Å². The predicted octanol–water partition coefficient (Wildman–Crippen LogP) is 0.662. The van der Waals surface area contributed by atoms with E-state index in [0.717, 1.165) is 0 Å². The summed E-state index contributed by atoms with van der Waals surface area (Å²) < 4.78 is 27.2. The van der Waals surface area contributed by atoms with Crippen LogP contribution in [0.2, 0.25) is 0 Å². The Labute approximate surface area is 189 Å². The van der Waals surface area contributed by atoms with Gasteiger partial charge in [0.2, 0.25) is 6.29 Å². The minimum atomic E-state index is -4.76. The molecule has 1 fully saturated rings. The fourth-order valence-corrected chi connectivity index (χ4v) is 3.79. The van der Waals surface area contributed by atoms with E-state index in [4.69, 9.17) is 19.3 Å². The third-order valence-corrected chi connectivity index (χ3v) is 5.65. The Morgan fingerprint density at radius 2 is 2.03 bits per heavy atom. The van der Waals surface area contributed by atoms with Crippen LogP contribution < -0.4 is 10.1 Å². The first-order chi connectivity index (χ1) is 15.2. The zero-order valence-corrected chi connectivity index (χ0v) is 18.7. The van der Waals surface area contributed by atoms with E-state index >= 15 is 0 Å². The number of phosphoric acid groups is 1. The quantitative estimate of drug-likeness (QED) is 0.223. The van der Waals surface area contributed by atoms with Crippen molar-refractivity contribution >= 4 is 40.7 Å². The summed E-state index contributed by atoms with van der Waals surface area (Å²) >= 11 is 3.36. The van der Waals surface area contributed by atoms with E-state index in [-0.39, 0.29) is 6.54 Å². The highest BCUT2D eigenvalue weighted by Crippen LogP contribution is 2.37. The average Bonchev–Trinajstić information content (AvgIpc) is 3.32. The number of aromatic amines is 1. The van der Waals surface area contributed by atoms with Gasteiger partial charge in [0.05, 0.1) is 12.9 Å². The molecule has 0 aliphatic carbocycles. The van der Waals surface area contributed by atoms with Crippen LogP contribution in [-0.2, 0) is 20.4 Å². The molecule has 0 amide bonds. The van der Waals surface area contributed by atoms with Crippen molar-refractivity contribution in [2.75, 3.05) is 11.9 Å². The lowest BCUT2D eigenvalue weighted by Crippen LogP contribution is -2.36. The van der Waals surface area contributed by atoms with E-state index in [1.165, 1.54) is 12.7 Å². The van der Waals surface area contributed by atoms with Gasteiger partial charge in [0.15, 0.2) is 11.5 Å². The number of aromatic nitrogens is 4. The second-order valence-electron chi connectivity index (χ2n) is 6.86. The smallest absolute Gasteiger partial charge is 0.462 e. The number of hydrogen-bond donors (Lipinski definition) is 6. The minimum Gasteiger partial charge on any atom is -0.462 e. The van der Waals surface area contributed by atoms with Gasteiger partial charge in [-0.05, 0) is 12.1 Å². The van der Waals surface area contributed by atoms with Crippen LogP contribution in [0.5, 0.6) is 5.75 Å². The zero-order chi connectivity index (χ0) is 22.9. The van der Waals surface area contributed by atoms with Gasteiger partial charge in [0, 0.05) is 16.6 Å². The van der Waals surface area contributed by atoms with E-state index in [9.17, 15) is 14.8 Å². The number of anilines is 1. The molecule has 0 radical (unpaired) electrons. The van der Waals surface area contributed by atoms with Crippen molar-refractivity contribution in [1.82, 2.24) is 19.9 Å². The molecule has 1 aliphatic rings. The molecule has 1 aliphatic heterocycles. The van der Waals surface area contributed by atoms with Crippen molar-refractivity contribution in [1.29, 1.82) is 0 Å². The Morgan fingerprint density at radius 3 is 2.81 bits per heavy atom. The first kappa shape index (κ1) is 23.0. The van der Waals surface area contributed by atoms with Crippen LogP contribution in [0.4, 0.5) is 5.82 Å². The summed E-state index contributed by atoms with van der Waals surface area (Å²) in [5.74, 6) is 0.873. The van der Waals surface area contributed by atoms with Crippen LogP contribution in [0.3, 0.4) is 0 Å². The van der Waals surface area contributed by atoms with Crippen molar-refractivity contribution in [2.24, 2.45) is 0 Å². The molecular formula is C17H19BrN5O8P. The highest BCUT2D eigenvalue weighted by atomic mass is 79.9. The molecule has 1 aromatic carbocycles. The minimum absolute atomic E-state index is 0.282. The number of nitrogens with one attached hydrogen (secondary N) is 2. The number of hydrogen-bond acceptors (Lipinski definition) is 10. The molecule has 172 valence electrons. The van der Waals surface area contributed by atoms with Crippen LogP contribution in [0.15, 0.2) is 35.3 Å². The first-order valence-corrected chi connectivity index (χ1v) is 11.6. The Balaban J connectivity index is 1.47. The Hall–Kier alpha value is -2.16. The fourth-order valence-electron chi connectivity index (χ4n) is 3.11. The summed E-state index contributed by atoms with van der Waals surface area (Å²) in [5.41, 5.74) is 1.83. The van der Waals surface area contributed by atoms with Crippen molar-refractivity contribution in [3.05, 3.63) is 40.9 Å². The van der Waals surface area contributed by atoms with Crippen LogP contribution in [0, 0.1) is 0 Å². The van der Waals surface area contributed by atoms with Crippen LogP contribution >= 0.6 is 23.8 Å².